The maximum absolute atomic E-state index is 15.2. The number of ether oxygens (including phenoxy) is 4. The fourth-order valence-corrected chi connectivity index (χ4v) is 5.03. The van der Waals surface area contributed by atoms with Crippen LogP contribution >= 0.6 is 46.4 Å². The summed E-state index contributed by atoms with van der Waals surface area (Å²) in [7, 11) is 0. The lowest BCUT2D eigenvalue weighted by molar-refractivity contribution is -0.233. The number of alkyl halides is 3. The first-order valence-electron chi connectivity index (χ1n) is 12.3. The van der Waals surface area contributed by atoms with E-state index in [9.17, 15) is 31.5 Å². The summed E-state index contributed by atoms with van der Waals surface area (Å²) in [5.41, 5.74) is -1.14. The molecule has 0 fully saturated rings. The molecule has 0 saturated heterocycles. The smallest absolute Gasteiger partial charge is 0.395 e. The third-order valence-electron chi connectivity index (χ3n) is 6.15. The molecule has 6 nitrogen and oxygen atoms in total. The van der Waals surface area contributed by atoms with Gasteiger partial charge in [0.05, 0.1) is 0 Å². The maximum atomic E-state index is 15.2. The van der Waals surface area contributed by atoms with Crippen molar-refractivity contribution >= 4 is 58.7 Å². The second-order valence-electron chi connectivity index (χ2n) is 9.33. The van der Waals surface area contributed by atoms with E-state index in [1.54, 1.807) is 0 Å². The molecule has 0 heterocycles. The quantitative estimate of drug-likeness (QED) is 0.168. The number of hydrogen-bond donors (Lipinski definition) is 0. The minimum atomic E-state index is -5.51. The van der Waals surface area contributed by atoms with Crippen LogP contribution in [-0.2, 0) is 9.47 Å². The van der Waals surface area contributed by atoms with Crippen LogP contribution in [0.3, 0.4) is 0 Å². The second kappa shape index (κ2) is 13.4. The Morgan fingerprint density at radius 3 is 1.76 bits per heavy atom. The average Bonchev–Trinajstić information content (AvgIpc) is 2.93. The van der Waals surface area contributed by atoms with Crippen LogP contribution in [0.1, 0.15) is 19.8 Å². The van der Waals surface area contributed by atoms with Crippen LogP contribution in [0.25, 0.3) is 0 Å². The van der Waals surface area contributed by atoms with Gasteiger partial charge in [-0.25, -0.2) is 22.8 Å². The van der Waals surface area contributed by atoms with Crippen LogP contribution in [0.4, 0.5) is 35.9 Å². The third-order valence-corrected chi connectivity index (χ3v) is 7.02. The highest BCUT2D eigenvalue weighted by Crippen LogP contribution is 2.53. The Morgan fingerprint density at radius 1 is 0.756 bits per heavy atom. The van der Waals surface area contributed by atoms with Gasteiger partial charge in [0.25, 0.3) is 0 Å². The molecule has 1 unspecified atom stereocenters. The van der Waals surface area contributed by atoms with Gasteiger partial charge in [-0.1, -0.05) is 58.1 Å². The van der Waals surface area contributed by atoms with Crippen LogP contribution < -0.4 is 9.47 Å². The zero-order valence-electron chi connectivity index (χ0n) is 22.3. The van der Waals surface area contributed by atoms with Crippen molar-refractivity contribution in [2.45, 2.75) is 31.5 Å². The molecule has 45 heavy (non-hydrogen) atoms. The zero-order valence-corrected chi connectivity index (χ0v) is 25.4. The molecule has 0 amide bonds. The molecule has 16 heteroatoms. The summed E-state index contributed by atoms with van der Waals surface area (Å²) in [5, 5.41) is 0.232. The number of hydrogen-bond acceptors (Lipinski definition) is 6. The van der Waals surface area contributed by atoms with Gasteiger partial charge < -0.3 is 18.9 Å². The van der Waals surface area contributed by atoms with Crippen LogP contribution in [0.2, 0.25) is 20.1 Å². The summed E-state index contributed by atoms with van der Waals surface area (Å²) in [4.78, 5) is 24.1. The lowest BCUT2D eigenvalue weighted by atomic mass is 9.89. The second-order valence-corrected chi connectivity index (χ2v) is 11.1. The van der Waals surface area contributed by atoms with Crippen molar-refractivity contribution in [3.05, 3.63) is 115 Å². The van der Waals surface area contributed by atoms with Crippen LogP contribution in [-0.4, -0.2) is 24.1 Å². The van der Waals surface area contributed by atoms with Gasteiger partial charge >= 0.3 is 24.1 Å². The summed E-state index contributed by atoms with van der Waals surface area (Å²) >= 11 is 23.1. The minimum Gasteiger partial charge on any atom is -0.395 e. The van der Waals surface area contributed by atoms with Gasteiger partial charge in [-0.15, -0.1) is 0 Å². The highest BCUT2D eigenvalue weighted by atomic mass is 35.5. The summed E-state index contributed by atoms with van der Waals surface area (Å²) in [6.45, 7) is 1.29. The van der Waals surface area contributed by atoms with Gasteiger partial charge in [-0.2, -0.15) is 13.2 Å². The predicted molar refractivity (Wildman–Crippen MR) is 152 cm³/mol. The lowest BCUT2D eigenvalue weighted by Crippen LogP contribution is -2.52. The summed E-state index contributed by atoms with van der Waals surface area (Å²) < 4.78 is 108. The van der Waals surface area contributed by atoms with Crippen molar-refractivity contribution < 1.29 is 54.9 Å². The van der Waals surface area contributed by atoms with E-state index in [0.29, 0.717) is 5.57 Å². The number of allylic oxidation sites excluding steroid dienone is 7. The Labute approximate surface area is 270 Å². The van der Waals surface area contributed by atoms with E-state index in [-0.39, 0.29) is 43.6 Å². The molecular formula is C29H16Cl4F6O6. The van der Waals surface area contributed by atoms with E-state index in [1.165, 1.54) is 49.4 Å². The van der Waals surface area contributed by atoms with Gasteiger partial charge in [0, 0.05) is 25.7 Å². The molecule has 0 aliphatic heterocycles. The molecule has 0 radical (unpaired) electrons. The molecule has 2 aromatic rings. The highest BCUT2D eigenvalue weighted by Gasteiger charge is 2.70. The lowest BCUT2D eigenvalue weighted by Gasteiger charge is -2.34. The summed E-state index contributed by atoms with van der Waals surface area (Å²) in [6, 6.07) is 7.14. The Kier molecular flexibility index (Phi) is 10.2. The Bertz CT molecular complexity index is 1690. The number of halogens is 10. The average molecular weight is 716 g/mol. The zero-order chi connectivity index (χ0) is 33.3. The third kappa shape index (κ3) is 7.63. The normalized spacial score (nSPS) is 20.5. The van der Waals surface area contributed by atoms with Crippen molar-refractivity contribution in [2.75, 3.05) is 0 Å². The fraction of sp³-hybridized carbons (Fsp3) is 0.172. The molecule has 4 rings (SSSR count). The highest BCUT2D eigenvalue weighted by molar-refractivity contribution is 6.35. The Morgan fingerprint density at radius 2 is 1.27 bits per heavy atom. The minimum absolute atomic E-state index is 0.00169. The van der Waals surface area contributed by atoms with E-state index >= 15 is 4.39 Å². The van der Waals surface area contributed by atoms with Crippen LogP contribution in [0.15, 0.2) is 94.6 Å². The molecule has 238 valence electrons. The topological polar surface area (TPSA) is 71.1 Å². The van der Waals surface area contributed by atoms with Crippen molar-refractivity contribution in [1.82, 2.24) is 0 Å². The standard InChI is InChI=1S/C29H16Cl4F6O6/c1-13(14-2-4-19(5-3-14)42-26(40)43-20-9-15(30)7-16(31)10-20)6-22-23(34)25(36)29(39,28(37,38)24(22)35)45-27(41)44-21-11-17(32)8-18(33)12-21/h2,4-5,7-12H,3,6H2,1H3. The van der Waals surface area contributed by atoms with Gasteiger partial charge in [0.2, 0.25) is 5.83 Å². The van der Waals surface area contributed by atoms with E-state index in [2.05, 4.69) is 9.47 Å². The summed E-state index contributed by atoms with van der Waals surface area (Å²) in [6.07, 6.45) is -0.425. The molecule has 0 spiro atoms. The molecule has 2 aliphatic rings. The van der Waals surface area contributed by atoms with Gasteiger partial charge in [0.15, 0.2) is 11.7 Å². The molecule has 0 saturated carbocycles. The van der Waals surface area contributed by atoms with Crippen LogP contribution in [0, 0.1) is 0 Å². The molecule has 0 aromatic heterocycles. The van der Waals surface area contributed by atoms with Gasteiger partial charge in [0.1, 0.15) is 17.3 Å². The molecule has 0 N–H and O–H groups in total. The first-order chi connectivity index (χ1) is 21.0. The fourth-order valence-electron chi connectivity index (χ4n) is 4.02. The van der Waals surface area contributed by atoms with E-state index in [0.717, 1.165) is 12.1 Å². The molecular weight excluding hydrogens is 700 g/mol. The van der Waals surface area contributed by atoms with E-state index in [1.807, 2.05) is 0 Å². The number of rotatable bonds is 6. The van der Waals surface area contributed by atoms with Crippen molar-refractivity contribution in [3.8, 4) is 11.5 Å². The summed E-state index contributed by atoms with van der Waals surface area (Å²) in [5.74, 6) is -19.2. The Balaban J connectivity index is 1.46. The Hall–Kier alpha value is -3.58. The van der Waals surface area contributed by atoms with Crippen molar-refractivity contribution in [3.63, 3.8) is 0 Å². The molecule has 2 aliphatic carbocycles. The van der Waals surface area contributed by atoms with Crippen molar-refractivity contribution in [1.29, 1.82) is 0 Å². The van der Waals surface area contributed by atoms with E-state index < -0.39 is 59.3 Å². The predicted octanol–water partition coefficient (Wildman–Crippen LogP) is 11.3. The van der Waals surface area contributed by atoms with E-state index in [4.69, 9.17) is 55.9 Å². The van der Waals surface area contributed by atoms with Crippen molar-refractivity contribution in [2.24, 2.45) is 0 Å². The maximum Gasteiger partial charge on any atom is 0.519 e. The van der Waals surface area contributed by atoms with Gasteiger partial charge in [-0.3, -0.25) is 0 Å². The molecule has 2 aromatic carbocycles. The SMILES string of the molecule is CC(CC1=C(F)C(F)(F)C(F)(OC(=O)Oc2cc(Cl)cc(Cl)c2)C(F)=C1F)=C1C=CC(OC(=O)Oc2cc(Cl)cc(Cl)c2)=CC1. The van der Waals surface area contributed by atoms with Gasteiger partial charge in [-0.05, 0) is 73.9 Å². The number of benzene rings is 2. The number of carbonyl (C=O) groups excluding carboxylic acids is 2. The largest absolute Gasteiger partial charge is 0.519 e. The monoisotopic (exact) mass is 714 g/mol. The number of carbonyl (C=O) groups is 2. The molecule has 1 atom stereocenters. The first-order valence-corrected chi connectivity index (χ1v) is 13.8. The van der Waals surface area contributed by atoms with Crippen LogP contribution in [0.5, 0.6) is 11.5 Å². The molecule has 0 bridgehead atoms. The first kappa shape index (κ1) is 34.3.